The monoisotopic (exact) mass is 468 g/mol. The van der Waals surface area contributed by atoms with Gasteiger partial charge < -0.3 is 4.43 Å². The van der Waals surface area contributed by atoms with Crippen LogP contribution < -0.4 is 0 Å². The molecule has 2 heteroatoms. The van der Waals surface area contributed by atoms with Crippen LogP contribution in [0.2, 0.25) is 19.6 Å². The fraction of sp³-hybridized carbons (Fsp3) is 0.152. The van der Waals surface area contributed by atoms with Gasteiger partial charge in [0.2, 0.25) is 0 Å². The van der Waals surface area contributed by atoms with Crippen LogP contribution in [-0.2, 0) is 4.43 Å². The van der Waals surface area contributed by atoms with Crippen LogP contribution in [0.3, 0.4) is 0 Å². The lowest BCUT2D eigenvalue weighted by molar-refractivity contribution is 0.300. The first-order chi connectivity index (χ1) is 17.0. The van der Waals surface area contributed by atoms with Crippen molar-refractivity contribution in [3.8, 4) is 11.1 Å². The van der Waals surface area contributed by atoms with Crippen LogP contribution in [0.5, 0.6) is 0 Å². The quantitative estimate of drug-likeness (QED) is 0.186. The third-order valence-corrected chi connectivity index (χ3v) is 8.61. The van der Waals surface area contributed by atoms with Gasteiger partial charge in [-0.05, 0) is 85.0 Å². The number of hydrogen-bond acceptors (Lipinski definition) is 1. The Hall–Kier alpha value is -3.46. The highest BCUT2D eigenvalue weighted by Crippen LogP contribution is 2.56. The van der Waals surface area contributed by atoms with E-state index < -0.39 is 8.32 Å². The van der Waals surface area contributed by atoms with Crippen molar-refractivity contribution in [3.63, 3.8) is 0 Å². The molecule has 0 aliphatic heterocycles. The third-order valence-electron chi connectivity index (χ3n) is 7.58. The van der Waals surface area contributed by atoms with E-state index in [0.29, 0.717) is 0 Å². The Balaban J connectivity index is 1.72. The molecule has 0 saturated heterocycles. The molecule has 0 aromatic heterocycles. The summed E-state index contributed by atoms with van der Waals surface area (Å²) >= 11 is 0. The first kappa shape index (κ1) is 20.9. The molecule has 0 radical (unpaired) electrons. The minimum absolute atomic E-state index is 0.204. The maximum absolute atomic E-state index is 6.69. The van der Waals surface area contributed by atoms with Gasteiger partial charge in [-0.25, -0.2) is 0 Å². The van der Waals surface area contributed by atoms with Crippen molar-refractivity contribution in [1.29, 1.82) is 0 Å². The van der Waals surface area contributed by atoms with Crippen molar-refractivity contribution in [2.75, 3.05) is 6.61 Å². The molecule has 0 fully saturated rings. The highest BCUT2D eigenvalue weighted by atomic mass is 28.4. The second-order valence-corrected chi connectivity index (χ2v) is 15.2. The highest BCUT2D eigenvalue weighted by molar-refractivity contribution is 6.69. The molecule has 7 rings (SSSR count). The van der Waals surface area contributed by atoms with Crippen molar-refractivity contribution in [1.82, 2.24) is 0 Å². The number of benzene rings is 6. The maximum Gasteiger partial charge on any atom is 0.183 e. The standard InChI is InChI=1S/C33H28OSi/c1-35(2,3)34-20-29-30-25-16-8-4-12-21(25)23-14-6-10-18-27(23)32(30)33-28-19-11-7-15-24(28)22-13-5-9-17-26(22)31(29)33/h4-19,29H,20H2,1-3H3. The zero-order chi connectivity index (χ0) is 23.7. The van der Waals surface area contributed by atoms with Gasteiger partial charge in [-0.2, -0.15) is 0 Å². The summed E-state index contributed by atoms with van der Waals surface area (Å²) in [6.45, 7) is 7.60. The normalized spacial score (nSPS) is 13.7. The van der Waals surface area contributed by atoms with Crippen molar-refractivity contribution in [2.24, 2.45) is 0 Å². The number of hydrogen-bond donors (Lipinski definition) is 0. The Bertz CT molecular complexity index is 1670. The Morgan fingerprint density at radius 1 is 0.486 bits per heavy atom. The van der Waals surface area contributed by atoms with Gasteiger partial charge in [0.25, 0.3) is 0 Å². The summed E-state index contributed by atoms with van der Waals surface area (Å²) in [5.74, 6) is 0.204. The zero-order valence-electron chi connectivity index (χ0n) is 20.4. The molecule has 0 bridgehead atoms. The van der Waals surface area contributed by atoms with Gasteiger partial charge >= 0.3 is 0 Å². The van der Waals surface area contributed by atoms with Crippen LogP contribution in [0.4, 0.5) is 0 Å². The van der Waals surface area contributed by atoms with Gasteiger partial charge in [0.05, 0.1) is 0 Å². The molecule has 6 aromatic rings. The minimum atomic E-state index is -1.71. The van der Waals surface area contributed by atoms with E-state index in [4.69, 9.17) is 4.43 Å². The van der Waals surface area contributed by atoms with Gasteiger partial charge in [-0.1, -0.05) is 97.1 Å². The third kappa shape index (κ3) is 3.03. The van der Waals surface area contributed by atoms with E-state index in [9.17, 15) is 0 Å². The number of rotatable bonds is 3. The SMILES string of the molecule is C[Si](C)(C)OCC1c2c(c3ccccc3c3ccccc23)-c2c1c1ccccc1c1ccccc21. The van der Waals surface area contributed by atoms with Crippen molar-refractivity contribution in [2.45, 2.75) is 25.6 Å². The van der Waals surface area contributed by atoms with Crippen LogP contribution in [0, 0.1) is 0 Å². The van der Waals surface area contributed by atoms with E-state index in [-0.39, 0.29) is 5.92 Å². The molecule has 0 heterocycles. The lowest BCUT2D eigenvalue weighted by atomic mass is 9.88. The molecule has 0 unspecified atom stereocenters. The molecule has 0 saturated carbocycles. The second-order valence-electron chi connectivity index (χ2n) is 10.7. The predicted molar refractivity (Wildman–Crippen MR) is 153 cm³/mol. The lowest BCUT2D eigenvalue weighted by Crippen LogP contribution is -2.28. The summed E-state index contributed by atoms with van der Waals surface area (Å²) in [4.78, 5) is 0. The summed E-state index contributed by atoms with van der Waals surface area (Å²) < 4.78 is 6.69. The summed E-state index contributed by atoms with van der Waals surface area (Å²) in [6.07, 6.45) is 0. The Morgan fingerprint density at radius 3 is 1.17 bits per heavy atom. The molecule has 6 aromatic carbocycles. The topological polar surface area (TPSA) is 9.23 Å². The first-order valence-corrected chi connectivity index (χ1v) is 15.9. The van der Waals surface area contributed by atoms with E-state index in [1.807, 2.05) is 0 Å². The van der Waals surface area contributed by atoms with Gasteiger partial charge in [0.1, 0.15) is 0 Å². The molecule has 0 spiro atoms. The Morgan fingerprint density at radius 2 is 0.800 bits per heavy atom. The zero-order valence-corrected chi connectivity index (χ0v) is 21.4. The molecule has 1 aliphatic rings. The average Bonchev–Trinajstić information content (AvgIpc) is 3.23. The molecular formula is C33H28OSi. The second kappa shape index (κ2) is 7.52. The molecule has 1 nitrogen and oxygen atoms in total. The van der Waals surface area contributed by atoms with Crippen molar-refractivity contribution < 1.29 is 4.43 Å². The summed E-state index contributed by atoms with van der Waals surface area (Å²) in [5, 5.41) is 10.7. The fourth-order valence-electron chi connectivity index (χ4n) is 6.24. The van der Waals surface area contributed by atoms with Crippen LogP contribution >= 0.6 is 0 Å². The molecule has 170 valence electrons. The Kier molecular flexibility index (Phi) is 4.48. The van der Waals surface area contributed by atoms with E-state index in [1.54, 1.807) is 0 Å². The highest BCUT2D eigenvalue weighted by Gasteiger charge is 2.36. The van der Waals surface area contributed by atoms with E-state index in [1.165, 1.54) is 65.3 Å². The van der Waals surface area contributed by atoms with Crippen LogP contribution in [0.25, 0.3) is 54.2 Å². The number of fused-ring (bicyclic) bond motifs is 13. The maximum atomic E-state index is 6.69. The van der Waals surface area contributed by atoms with Crippen LogP contribution in [-0.4, -0.2) is 14.9 Å². The van der Waals surface area contributed by atoms with Gasteiger partial charge in [-0.15, -0.1) is 0 Å². The predicted octanol–water partition coefficient (Wildman–Crippen LogP) is 9.26. The molecule has 0 atom stereocenters. The van der Waals surface area contributed by atoms with E-state index in [2.05, 4.69) is 117 Å². The summed E-state index contributed by atoms with van der Waals surface area (Å²) in [5.41, 5.74) is 5.68. The average molecular weight is 469 g/mol. The fourth-order valence-corrected chi connectivity index (χ4v) is 6.91. The molecule has 0 N–H and O–H groups in total. The van der Waals surface area contributed by atoms with Crippen molar-refractivity contribution >= 4 is 51.4 Å². The smallest absolute Gasteiger partial charge is 0.183 e. The largest absolute Gasteiger partial charge is 0.417 e. The molecule has 1 aliphatic carbocycles. The molecule has 0 amide bonds. The van der Waals surface area contributed by atoms with Gasteiger partial charge in [-0.3, -0.25) is 0 Å². The first-order valence-electron chi connectivity index (χ1n) is 12.5. The minimum Gasteiger partial charge on any atom is -0.417 e. The summed E-state index contributed by atoms with van der Waals surface area (Å²) in [7, 11) is -1.71. The molecular weight excluding hydrogens is 440 g/mol. The molecule has 35 heavy (non-hydrogen) atoms. The Labute approximate surface area is 207 Å². The summed E-state index contributed by atoms with van der Waals surface area (Å²) in [6, 6.07) is 35.8. The van der Waals surface area contributed by atoms with E-state index >= 15 is 0 Å². The van der Waals surface area contributed by atoms with Gasteiger partial charge in [0.15, 0.2) is 8.32 Å². The van der Waals surface area contributed by atoms with Crippen molar-refractivity contribution in [3.05, 3.63) is 108 Å². The van der Waals surface area contributed by atoms with Crippen LogP contribution in [0.1, 0.15) is 17.0 Å². The van der Waals surface area contributed by atoms with Gasteiger partial charge in [0, 0.05) is 12.5 Å². The van der Waals surface area contributed by atoms with E-state index in [0.717, 1.165) is 6.61 Å². The lowest BCUT2D eigenvalue weighted by Gasteiger charge is -2.24. The van der Waals surface area contributed by atoms with Crippen LogP contribution in [0.15, 0.2) is 97.1 Å².